The second-order valence-electron chi connectivity index (χ2n) is 11.3. The smallest absolute Gasteiger partial charge is 0.404 e. The summed E-state index contributed by atoms with van der Waals surface area (Å²) in [6.45, 7) is 9.88. The van der Waals surface area contributed by atoms with Gasteiger partial charge in [0.25, 0.3) is 0 Å². The minimum absolute atomic E-state index is 0.0805. The van der Waals surface area contributed by atoms with Gasteiger partial charge in [-0.05, 0) is 26.3 Å². The lowest BCUT2D eigenvalue weighted by molar-refractivity contribution is -0.0373. The number of para-hydroxylation sites is 1. The van der Waals surface area contributed by atoms with Crippen LogP contribution in [0.2, 0.25) is 0 Å². The van der Waals surface area contributed by atoms with Gasteiger partial charge in [-0.15, -0.1) is 0 Å². The summed E-state index contributed by atoms with van der Waals surface area (Å²) in [7, 11) is -4.34. The molecule has 0 bridgehead atoms. The average molecular weight is 611 g/mol. The van der Waals surface area contributed by atoms with Crippen molar-refractivity contribution in [2.45, 2.75) is 123 Å². The summed E-state index contributed by atoms with van der Waals surface area (Å²) in [5, 5.41) is 0. The van der Waals surface area contributed by atoms with Crippen LogP contribution in [0.15, 0.2) is 36.7 Å². The van der Waals surface area contributed by atoms with E-state index in [4.69, 9.17) is 18.5 Å². The Kier molecular flexibility index (Phi) is 20.0. The molecule has 2 rings (SSSR count). The molecule has 2 atom stereocenters. The molecule has 0 radical (unpaired) electrons. The van der Waals surface area contributed by atoms with Crippen LogP contribution in [0.3, 0.4) is 0 Å². The summed E-state index contributed by atoms with van der Waals surface area (Å²) >= 11 is 0. The number of ether oxygens (including phenoxy) is 2. The fourth-order valence-electron chi connectivity index (χ4n) is 5.09. The zero-order valence-corrected chi connectivity index (χ0v) is 27.6. The molecule has 0 saturated carbocycles. The Morgan fingerprint density at radius 3 is 2.00 bits per heavy atom. The van der Waals surface area contributed by atoms with Crippen molar-refractivity contribution in [2.75, 3.05) is 39.6 Å². The molecular weight excluding hydrogens is 551 g/mol. The molecule has 0 saturated heterocycles. The molecule has 1 heterocycles. The zero-order chi connectivity index (χ0) is 30.3. The Hall–Kier alpha value is -1.57. The second kappa shape index (κ2) is 22.9. The Bertz CT molecular complexity index is 886. The fraction of sp³-hybridized carbons (Fsp3) is 0.758. The topological polar surface area (TPSA) is 80.7 Å². The average Bonchev–Trinajstić information content (AvgIpc) is 3.44. The van der Waals surface area contributed by atoms with E-state index in [0.717, 1.165) is 31.6 Å². The predicted molar refractivity (Wildman–Crippen MR) is 171 cm³/mol. The van der Waals surface area contributed by atoms with E-state index in [1.165, 1.54) is 77.0 Å². The largest absolute Gasteiger partial charge is 0.527 e. The van der Waals surface area contributed by atoms with Gasteiger partial charge in [0.1, 0.15) is 11.9 Å². The first-order chi connectivity index (χ1) is 20.5. The van der Waals surface area contributed by atoms with E-state index in [-0.39, 0.29) is 6.61 Å². The van der Waals surface area contributed by atoms with Crippen molar-refractivity contribution >= 4 is 7.82 Å². The fourth-order valence-corrected chi connectivity index (χ4v) is 5.92. The van der Waals surface area contributed by atoms with Gasteiger partial charge in [-0.1, -0.05) is 109 Å². The molecule has 42 heavy (non-hydrogen) atoms. The van der Waals surface area contributed by atoms with Gasteiger partial charge in [-0.3, -0.25) is 9.42 Å². The van der Waals surface area contributed by atoms with E-state index in [9.17, 15) is 9.46 Å². The lowest BCUT2D eigenvalue weighted by Crippen LogP contribution is -2.26. The third-order valence-electron chi connectivity index (χ3n) is 7.59. The second-order valence-corrected chi connectivity index (χ2v) is 12.7. The summed E-state index contributed by atoms with van der Waals surface area (Å²) < 4.78 is 35.1. The number of unbranched alkanes of at least 4 members (excludes halogenated alkanes) is 13. The van der Waals surface area contributed by atoms with E-state index in [0.29, 0.717) is 32.1 Å². The van der Waals surface area contributed by atoms with E-state index < -0.39 is 13.9 Å². The Labute approximate surface area is 256 Å². The van der Waals surface area contributed by atoms with Gasteiger partial charge in [0, 0.05) is 44.3 Å². The molecule has 8 nitrogen and oxygen atoms in total. The summed E-state index contributed by atoms with van der Waals surface area (Å²) in [6.07, 6.45) is 22.2. The van der Waals surface area contributed by atoms with Gasteiger partial charge >= 0.3 is 7.82 Å². The van der Waals surface area contributed by atoms with Crippen molar-refractivity contribution in [1.82, 2.24) is 9.80 Å². The third kappa shape index (κ3) is 16.9. The summed E-state index contributed by atoms with van der Waals surface area (Å²) in [6, 6.07) is 7.26. The Morgan fingerprint density at radius 1 is 0.810 bits per heavy atom. The van der Waals surface area contributed by atoms with Crippen molar-refractivity contribution in [3.63, 3.8) is 0 Å². The Morgan fingerprint density at radius 2 is 1.40 bits per heavy atom. The zero-order valence-electron chi connectivity index (χ0n) is 26.7. The Balaban J connectivity index is 1.56. The lowest BCUT2D eigenvalue weighted by atomic mass is 10.0. The molecular formula is C33H59N2O6P. The summed E-state index contributed by atoms with van der Waals surface area (Å²) in [4.78, 5) is 14.7. The van der Waals surface area contributed by atoms with Crippen LogP contribution < -0.4 is 4.52 Å². The number of benzene rings is 1. The number of nitrogens with zero attached hydrogens (tertiary/aromatic N) is 2. The maximum absolute atomic E-state index is 12.8. The van der Waals surface area contributed by atoms with E-state index in [2.05, 4.69) is 23.6 Å². The van der Waals surface area contributed by atoms with Gasteiger partial charge in [0.05, 0.1) is 19.9 Å². The molecule has 1 aromatic rings. The highest BCUT2D eigenvalue weighted by molar-refractivity contribution is 7.47. The molecule has 0 fully saturated rings. The minimum atomic E-state index is -4.34. The molecule has 2 unspecified atom stereocenters. The van der Waals surface area contributed by atoms with Crippen molar-refractivity contribution in [2.24, 2.45) is 0 Å². The van der Waals surface area contributed by atoms with Crippen LogP contribution in [0.5, 0.6) is 5.75 Å². The third-order valence-corrected chi connectivity index (χ3v) is 8.49. The monoisotopic (exact) mass is 610 g/mol. The number of rotatable bonds is 27. The first-order valence-corrected chi connectivity index (χ1v) is 18.1. The maximum Gasteiger partial charge on any atom is 0.527 e. The van der Waals surface area contributed by atoms with Gasteiger partial charge < -0.3 is 23.8 Å². The molecule has 242 valence electrons. The summed E-state index contributed by atoms with van der Waals surface area (Å²) in [5.41, 5.74) is 0.816. The van der Waals surface area contributed by atoms with E-state index >= 15 is 0 Å². The van der Waals surface area contributed by atoms with Gasteiger partial charge in [0.15, 0.2) is 0 Å². The normalized spacial score (nSPS) is 15.3. The standard InChI is InChI=1S/C33H59N2O6P/c1-4-7-8-9-10-11-12-13-14-15-16-17-18-21-26-38-28-32(39-6-3)29-40-42(36,37)41-33-23-20-19-22-31(33)27-35-25-24-34(5-2)30-35/h19-20,22-25,32H,4-18,21,26-30H2,1-3H3,(H,36,37). The number of phosphoric acid groups is 1. The highest BCUT2D eigenvalue weighted by atomic mass is 31.2. The molecule has 0 amide bonds. The van der Waals surface area contributed by atoms with Crippen LogP contribution in [0.4, 0.5) is 0 Å². The molecule has 1 aliphatic heterocycles. The predicted octanol–water partition coefficient (Wildman–Crippen LogP) is 8.65. The van der Waals surface area contributed by atoms with Gasteiger partial charge in [-0.2, -0.15) is 0 Å². The van der Waals surface area contributed by atoms with Crippen LogP contribution in [0, 0.1) is 0 Å². The number of hydrogen-bond donors (Lipinski definition) is 1. The molecule has 0 spiro atoms. The maximum atomic E-state index is 12.8. The van der Waals surface area contributed by atoms with E-state index in [1.807, 2.05) is 31.5 Å². The molecule has 9 heteroatoms. The summed E-state index contributed by atoms with van der Waals surface area (Å²) in [5.74, 6) is 0.341. The van der Waals surface area contributed by atoms with Crippen molar-refractivity contribution < 1.29 is 28.0 Å². The van der Waals surface area contributed by atoms with Crippen molar-refractivity contribution in [1.29, 1.82) is 0 Å². The van der Waals surface area contributed by atoms with Crippen LogP contribution in [-0.4, -0.2) is 60.4 Å². The van der Waals surface area contributed by atoms with Crippen LogP contribution >= 0.6 is 7.82 Å². The molecule has 1 aromatic carbocycles. The van der Waals surface area contributed by atoms with Gasteiger partial charge in [-0.25, -0.2) is 4.57 Å². The minimum Gasteiger partial charge on any atom is -0.404 e. The first kappa shape index (κ1) is 36.6. The first-order valence-electron chi connectivity index (χ1n) is 16.6. The van der Waals surface area contributed by atoms with Crippen molar-refractivity contribution in [3.05, 3.63) is 42.2 Å². The number of hydrogen-bond acceptors (Lipinski definition) is 7. The number of phosphoric ester groups is 1. The SMILES string of the molecule is CCCCCCCCCCCCCCCCOCC(COP(=O)(O)Oc1ccccc1CN1C=CN(CC)C1)OCC. The highest BCUT2D eigenvalue weighted by Crippen LogP contribution is 2.45. The molecule has 0 aromatic heterocycles. The van der Waals surface area contributed by atoms with Crippen LogP contribution in [0.1, 0.15) is 116 Å². The molecule has 1 N–H and O–H groups in total. The van der Waals surface area contributed by atoms with Crippen LogP contribution in [0.25, 0.3) is 0 Å². The van der Waals surface area contributed by atoms with Crippen LogP contribution in [-0.2, 0) is 25.1 Å². The quantitative estimate of drug-likeness (QED) is 0.0783. The van der Waals surface area contributed by atoms with Gasteiger partial charge in [0.2, 0.25) is 0 Å². The lowest BCUT2D eigenvalue weighted by Gasteiger charge is -2.22. The van der Waals surface area contributed by atoms with Crippen molar-refractivity contribution in [3.8, 4) is 5.75 Å². The van der Waals surface area contributed by atoms with E-state index in [1.54, 1.807) is 12.1 Å². The molecule has 1 aliphatic rings. The highest BCUT2D eigenvalue weighted by Gasteiger charge is 2.27. The molecule has 0 aliphatic carbocycles.